The molecule has 0 radical (unpaired) electrons. The van der Waals surface area contributed by atoms with E-state index in [0.29, 0.717) is 17.9 Å². The molecular weight excluding hydrogens is 342 g/mol. The highest BCUT2D eigenvalue weighted by atomic mass is 16.5. The van der Waals surface area contributed by atoms with E-state index in [1.54, 1.807) is 14.2 Å². The van der Waals surface area contributed by atoms with E-state index in [4.69, 9.17) is 14.2 Å². The van der Waals surface area contributed by atoms with Gasteiger partial charge in [0.1, 0.15) is 17.2 Å². The Hall–Kier alpha value is -2.69. The lowest BCUT2D eigenvalue weighted by Gasteiger charge is -2.23. The molecule has 27 heavy (non-hydrogen) atoms. The summed E-state index contributed by atoms with van der Waals surface area (Å²) in [5.41, 5.74) is 3.04. The van der Waals surface area contributed by atoms with E-state index < -0.39 is 6.10 Å². The average Bonchev–Trinajstić information content (AvgIpc) is 2.68. The molecule has 0 aliphatic heterocycles. The molecule has 0 aromatic heterocycles. The molecule has 0 saturated carbocycles. The number of amides is 1. The zero-order valence-electron chi connectivity index (χ0n) is 17.0. The lowest BCUT2D eigenvalue weighted by Crippen LogP contribution is -2.39. The van der Waals surface area contributed by atoms with Gasteiger partial charge < -0.3 is 19.5 Å². The van der Waals surface area contributed by atoms with Gasteiger partial charge in [-0.25, -0.2) is 0 Å². The summed E-state index contributed by atoms with van der Waals surface area (Å²) < 4.78 is 16.7. The van der Waals surface area contributed by atoms with Crippen molar-refractivity contribution < 1.29 is 19.0 Å². The van der Waals surface area contributed by atoms with Gasteiger partial charge in [-0.15, -0.1) is 0 Å². The molecular formula is C22H29NO4. The lowest BCUT2D eigenvalue weighted by molar-refractivity contribution is -0.128. The van der Waals surface area contributed by atoms with Crippen molar-refractivity contribution in [1.82, 2.24) is 5.32 Å². The minimum Gasteiger partial charge on any atom is -0.497 e. The van der Waals surface area contributed by atoms with Crippen molar-refractivity contribution in [2.75, 3.05) is 14.2 Å². The van der Waals surface area contributed by atoms with Crippen LogP contribution in [0.1, 0.15) is 43.0 Å². The molecule has 0 saturated heterocycles. The summed E-state index contributed by atoms with van der Waals surface area (Å²) in [4.78, 5) is 12.8. The first-order chi connectivity index (χ1) is 12.9. The summed E-state index contributed by atoms with van der Waals surface area (Å²) in [7, 11) is 3.22. The summed E-state index contributed by atoms with van der Waals surface area (Å²) in [6.45, 7) is 7.88. The van der Waals surface area contributed by atoms with Crippen LogP contribution in [0.2, 0.25) is 0 Å². The van der Waals surface area contributed by atoms with Gasteiger partial charge in [-0.05, 0) is 62.6 Å². The largest absolute Gasteiger partial charge is 0.497 e. The van der Waals surface area contributed by atoms with Crippen molar-refractivity contribution in [3.8, 4) is 17.2 Å². The predicted octanol–water partition coefficient (Wildman–Crippen LogP) is 4.36. The molecule has 2 atom stereocenters. The highest BCUT2D eigenvalue weighted by molar-refractivity contribution is 5.81. The smallest absolute Gasteiger partial charge is 0.261 e. The van der Waals surface area contributed by atoms with E-state index in [-0.39, 0.29) is 11.9 Å². The van der Waals surface area contributed by atoms with Crippen LogP contribution in [-0.4, -0.2) is 26.2 Å². The standard InChI is InChI=1S/C22H29NO4/c1-7-19(27-20-10-8-9-14(2)15(20)3)22(24)23-16(4)18-13-17(25-5)11-12-21(18)26-6/h8-13,16,19H,7H2,1-6H3,(H,23,24)/t16-,19+/m1/s1. The number of carbonyl (C=O) groups excluding carboxylic acids is 1. The molecule has 0 aliphatic carbocycles. The fraction of sp³-hybridized carbons (Fsp3) is 0.409. The molecule has 0 heterocycles. The first-order valence-electron chi connectivity index (χ1n) is 9.16. The second kappa shape index (κ2) is 9.31. The van der Waals surface area contributed by atoms with E-state index in [2.05, 4.69) is 5.32 Å². The molecule has 5 nitrogen and oxygen atoms in total. The number of benzene rings is 2. The van der Waals surface area contributed by atoms with Crippen LogP contribution in [0, 0.1) is 13.8 Å². The summed E-state index contributed by atoms with van der Waals surface area (Å²) in [6.07, 6.45) is 0.00539. The Balaban J connectivity index is 2.15. The molecule has 1 N–H and O–H groups in total. The second-order valence-corrected chi connectivity index (χ2v) is 6.55. The predicted molar refractivity (Wildman–Crippen MR) is 107 cm³/mol. The fourth-order valence-electron chi connectivity index (χ4n) is 2.89. The highest BCUT2D eigenvalue weighted by Crippen LogP contribution is 2.29. The molecule has 0 unspecified atom stereocenters. The third-order valence-electron chi connectivity index (χ3n) is 4.75. The monoisotopic (exact) mass is 371 g/mol. The van der Waals surface area contributed by atoms with Crippen molar-refractivity contribution in [2.45, 2.75) is 46.3 Å². The number of hydrogen-bond donors (Lipinski definition) is 1. The van der Waals surface area contributed by atoms with Gasteiger partial charge in [0, 0.05) is 5.56 Å². The van der Waals surface area contributed by atoms with Gasteiger partial charge in [0.15, 0.2) is 6.10 Å². The Morgan fingerprint density at radius 2 is 1.81 bits per heavy atom. The number of ether oxygens (including phenoxy) is 3. The third-order valence-corrected chi connectivity index (χ3v) is 4.75. The molecule has 0 fully saturated rings. The van der Waals surface area contributed by atoms with Crippen molar-refractivity contribution in [1.29, 1.82) is 0 Å². The first kappa shape index (κ1) is 20.6. The van der Waals surface area contributed by atoms with Gasteiger partial charge in [-0.3, -0.25) is 4.79 Å². The van der Waals surface area contributed by atoms with Crippen LogP contribution in [0.15, 0.2) is 36.4 Å². The minimum absolute atomic E-state index is 0.157. The molecule has 0 aliphatic rings. The quantitative estimate of drug-likeness (QED) is 0.749. The van der Waals surface area contributed by atoms with E-state index in [1.165, 1.54) is 0 Å². The third kappa shape index (κ3) is 4.94. The van der Waals surface area contributed by atoms with Gasteiger partial charge in [-0.2, -0.15) is 0 Å². The van der Waals surface area contributed by atoms with E-state index in [0.717, 1.165) is 22.4 Å². The number of rotatable bonds is 8. The van der Waals surface area contributed by atoms with Crippen LogP contribution in [0.25, 0.3) is 0 Å². The Morgan fingerprint density at radius 1 is 1.07 bits per heavy atom. The number of hydrogen-bond acceptors (Lipinski definition) is 4. The molecule has 2 rings (SSSR count). The van der Waals surface area contributed by atoms with Gasteiger partial charge in [0.05, 0.1) is 20.3 Å². The van der Waals surface area contributed by atoms with Gasteiger partial charge >= 0.3 is 0 Å². The number of aryl methyl sites for hydroxylation is 1. The van der Waals surface area contributed by atoms with Crippen LogP contribution >= 0.6 is 0 Å². The average molecular weight is 371 g/mol. The maximum absolute atomic E-state index is 12.8. The second-order valence-electron chi connectivity index (χ2n) is 6.55. The van der Waals surface area contributed by atoms with Crippen LogP contribution in [0.5, 0.6) is 17.2 Å². The summed E-state index contributed by atoms with van der Waals surface area (Å²) in [6, 6.07) is 11.1. The van der Waals surface area contributed by atoms with E-state index >= 15 is 0 Å². The molecule has 0 spiro atoms. The molecule has 0 bridgehead atoms. The fourth-order valence-corrected chi connectivity index (χ4v) is 2.89. The van der Waals surface area contributed by atoms with Crippen LogP contribution in [-0.2, 0) is 4.79 Å². The Morgan fingerprint density at radius 3 is 2.44 bits per heavy atom. The Bertz CT molecular complexity index is 788. The van der Waals surface area contributed by atoms with Crippen LogP contribution in [0.3, 0.4) is 0 Å². The minimum atomic E-state index is -0.565. The summed E-state index contributed by atoms with van der Waals surface area (Å²) in [5, 5.41) is 3.03. The van der Waals surface area contributed by atoms with Crippen LogP contribution in [0.4, 0.5) is 0 Å². The van der Waals surface area contributed by atoms with E-state index in [1.807, 2.05) is 64.1 Å². The molecule has 2 aromatic rings. The van der Waals surface area contributed by atoms with Crippen LogP contribution < -0.4 is 19.5 Å². The SMILES string of the molecule is CC[C@H](Oc1cccc(C)c1C)C(=O)N[C@H](C)c1cc(OC)ccc1OC. The highest BCUT2D eigenvalue weighted by Gasteiger charge is 2.23. The summed E-state index contributed by atoms with van der Waals surface area (Å²) >= 11 is 0. The van der Waals surface area contributed by atoms with Gasteiger partial charge in [0.2, 0.25) is 0 Å². The van der Waals surface area contributed by atoms with E-state index in [9.17, 15) is 4.79 Å². The Labute approximate surface area is 161 Å². The molecule has 1 amide bonds. The molecule has 2 aromatic carbocycles. The topological polar surface area (TPSA) is 56.8 Å². The lowest BCUT2D eigenvalue weighted by atomic mass is 10.1. The maximum Gasteiger partial charge on any atom is 0.261 e. The van der Waals surface area contributed by atoms with Crippen molar-refractivity contribution in [3.63, 3.8) is 0 Å². The normalized spacial score (nSPS) is 12.8. The molecule has 146 valence electrons. The van der Waals surface area contributed by atoms with Gasteiger partial charge in [-0.1, -0.05) is 19.1 Å². The number of carbonyl (C=O) groups is 1. The van der Waals surface area contributed by atoms with Crippen molar-refractivity contribution >= 4 is 5.91 Å². The summed E-state index contributed by atoms with van der Waals surface area (Å²) in [5.74, 6) is 2.00. The zero-order chi connectivity index (χ0) is 20.0. The molecule has 5 heteroatoms. The van der Waals surface area contributed by atoms with Crippen molar-refractivity contribution in [3.05, 3.63) is 53.1 Å². The maximum atomic E-state index is 12.8. The number of nitrogens with one attached hydrogen (secondary N) is 1. The first-order valence-corrected chi connectivity index (χ1v) is 9.16. The number of methoxy groups -OCH3 is 2. The van der Waals surface area contributed by atoms with Crippen molar-refractivity contribution in [2.24, 2.45) is 0 Å². The Kier molecular flexibility index (Phi) is 7.11. The van der Waals surface area contributed by atoms with Gasteiger partial charge in [0.25, 0.3) is 5.91 Å². The zero-order valence-corrected chi connectivity index (χ0v) is 17.0.